The van der Waals surface area contributed by atoms with Crippen LogP contribution in [0.15, 0.2) is 58.6 Å². The van der Waals surface area contributed by atoms with E-state index in [1.807, 2.05) is 6.07 Å². The fourth-order valence-corrected chi connectivity index (χ4v) is 5.21. The van der Waals surface area contributed by atoms with E-state index in [-0.39, 0.29) is 26.6 Å². The van der Waals surface area contributed by atoms with Crippen molar-refractivity contribution in [1.29, 1.82) is 0 Å². The molecular weight excluding hydrogens is 404 g/mol. The summed E-state index contributed by atoms with van der Waals surface area (Å²) in [6.07, 6.45) is 3.64. The first-order valence-corrected chi connectivity index (χ1v) is 10.6. The van der Waals surface area contributed by atoms with Crippen molar-refractivity contribution in [1.82, 2.24) is 4.98 Å². The molecule has 0 fully saturated rings. The van der Waals surface area contributed by atoms with Crippen molar-refractivity contribution in [2.75, 3.05) is 12.8 Å². The number of anilines is 1. The summed E-state index contributed by atoms with van der Waals surface area (Å²) in [5, 5.41) is 9.91. The van der Waals surface area contributed by atoms with Gasteiger partial charge in [-0.2, -0.15) is 0 Å². The smallest absolute Gasteiger partial charge is 0.337 e. The van der Waals surface area contributed by atoms with E-state index in [1.165, 1.54) is 38.3 Å². The third-order valence-corrected chi connectivity index (χ3v) is 7.02. The van der Waals surface area contributed by atoms with E-state index in [0.717, 1.165) is 5.56 Å². The molecule has 7 nitrogen and oxygen atoms in total. The van der Waals surface area contributed by atoms with Gasteiger partial charge in [0.1, 0.15) is 5.75 Å². The maximum Gasteiger partial charge on any atom is 0.337 e. The number of aromatic nitrogens is 1. The van der Waals surface area contributed by atoms with E-state index in [4.69, 9.17) is 10.5 Å². The van der Waals surface area contributed by atoms with Gasteiger partial charge in [-0.3, -0.25) is 4.98 Å². The van der Waals surface area contributed by atoms with Gasteiger partial charge in [-0.15, -0.1) is 0 Å². The molecule has 2 aromatic carbocycles. The number of ether oxygens (including phenoxy) is 1. The van der Waals surface area contributed by atoms with Gasteiger partial charge in [-0.1, -0.05) is 6.07 Å². The van der Waals surface area contributed by atoms with Crippen LogP contribution >= 0.6 is 0 Å². The molecule has 0 radical (unpaired) electrons. The number of carboxylic acids is 1. The van der Waals surface area contributed by atoms with Crippen LogP contribution in [0.2, 0.25) is 0 Å². The third kappa shape index (κ3) is 3.73. The van der Waals surface area contributed by atoms with Crippen LogP contribution in [-0.4, -0.2) is 31.6 Å². The second-order valence-corrected chi connectivity index (χ2v) is 8.76. The highest BCUT2D eigenvalue weighted by Crippen LogP contribution is 2.37. The Morgan fingerprint density at radius 3 is 2.33 bits per heavy atom. The van der Waals surface area contributed by atoms with Crippen molar-refractivity contribution in [3.63, 3.8) is 0 Å². The molecular formula is C22H22N2O5S. The van der Waals surface area contributed by atoms with E-state index in [9.17, 15) is 18.3 Å². The first-order valence-electron chi connectivity index (χ1n) is 9.11. The van der Waals surface area contributed by atoms with E-state index < -0.39 is 15.8 Å². The van der Waals surface area contributed by atoms with E-state index in [2.05, 4.69) is 4.98 Å². The third-order valence-electron chi connectivity index (χ3n) is 5.08. The zero-order chi connectivity index (χ0) is 22.1. The molecule has 0 spiro atoms. The number of carbonyl (C=O) groups is 1. The van der Waals surface area contributed by atoms with Gasteiger partial charge in [0.2, 0.25) is 9.84 Å². The summed E-state index contributed by atoms with van der Waals surface area (Å²) in [6, 6.07) is 9.41. The predicted molar refractivity (Wildman–Crippen MR) is 113 cm³/mol. The van der Waals surface area contributed by atoms with Gasteiger partial charge in [0.25, 0.3) is 0 Å². The zero-order valence-corrected chi connectivity index (χ0v) is 17.7. The molecule has 3 aromatic rings. The summed E-state index contributed by atoms with van der Waals surface area (Å²) in [6.45, 7) is 3.11. The van der Waals surface area contributed by atoms with E-state index in [0.29, 0.717) is 23.3 Å². The number of sulfone groups is 1. The number of carboxylic acid groups (broad SMARTS) is 1. The lowest BCUT2D eigenvalue weighted by Gasteiger charge is -2.20. The quantitative estimate of drug-likeness (QED) is 0.580. The number of aromatic carboxylic acids is 1. The van der Waals surface area contributed by atoms with Crippen molar-refractivity contribution in [3.05, 3.63) is 76.6 Å². The van der Waals surface area contributed by atoms with E-state index in [1.54, 1.807) is 25.4 Å². The minimum Gasteiger partial charge on any atom is -0.497 e. The first kappa shape index (κ1) is 21.3. The van der Waals surface area contributed by atoms with Crippen molar-refractivity contribution in [2.24, 2.45) is 0 Å². The van der Waals surface area contributed by atoms with Crippen LogP contribution in [-0.2, 0) is 16.3 Å². The molecule has 0 saturated carbocycles. The van der Waals surface area contributed by atoms with Crippen molar-refractivity contribution in [3.8, 4) is 5.75 Å². The predicted octanol–water partition coefficient (Wildman–Crippen LogP) is 3.41. The second-order valence-electron chi connectivity index (χ2n) is 6.87. The first-order chi connectivity index (χ1) is 14.2. The molecule has 3 N–H and O–H groups in total. The number of nitrogens with two attached hydrogens (primary N) is 1. The summed E-state index contributed by atoms with van der Waals surface area (Å²) in [7, 11) is -2.66. The summed E-state index contributed by atoms with van der Waals surface area (Å²) in [5.41, 5.74) is 8.27. The Kier molecular flexibility index (Phi) is 5.80. The maximum atomic E-state index is 13.4. The molecule has 30 heavy (non-hydrogen) atoms. The molecule has 156 valence electrons. The monoisotopic (exact) mass is 426 g/mol. The molecule has 0 saturated heterocycles. The Morgan fingerprint density at radius 1 is 1.13 bits per heavy atom. The van der Waals surface area contributed by atoms with Gasteiger partial charge >= 0.3 is 5.97 Å². The number of nitrogen functional groups attached to an aromatic ring is 1. The van der Waals surface area contributed by atoms with Gasteiger partial charge in [0.15, 0.2) is 0 Å². The highest BCUT2D eigenvalue weighted by Gasteiger charge is 2.31. The van der Waals surface area contributed by atoms with Crippen LogP contribution in [0.4, 0.5) is 5.69 Å². The average Bonchev–Trinajstić information content (AvgIpc) is 2.74. The Labute approximate surface area is 175 Å². The lowest BCUT2D eigenvalue weighted by molar-refractivity contribution is 0.0691. The standard InChI is InChI=1S/C22H22N2O5S/c1-13-18(11-15-5-4-10-24-12-15)20(23)14(2)21(19(13)22(25)26)30(27,28)17-8-6-16(29-3)7-9-17/h4-10,12H,11,23H2,1-3H3,(H,25,26). The molecule has 0 amide bonds. The van der Waals surface area contributed by atoms with Gasteiger partial charge in [-0.05, 0) is 66.4 Å². The highest BCUT2D eigenvalue weighted by molar-refractivity contribution is 7.91. The van der Waals surface area contributed by atoms with Gasteiger partial charge in [0.05, 0.1) is 22.5 Å². The summed E-state index contributed by atoms with van der Waals surface area (Å²) >= 11 is 0. The number of hydrogen-bond acceptors (Lipinski definition) is 6. The van der Waals surface area contributed by atoms with Gasteiger partial charge in [0, 0.05) is 24.5 Å². The Hall–Kier alpha value is -3.39. The normalized spacial score (nSPS) is 11.3. The van der Waals surface area contributed by atoms with Crippen molar-refractivity contribution < 1.29 is 23.1 Å². The number of hydrogen-bond donors (Lipinski definition) is 2. The SMILES string of the molecule is COc1ccc(S(=O)(=O)c2c(C)c(N)c(Cc3cccnc3)c(C)c2C(=O)O)cc1. The molecule has 0 unspecified atom stereocenters. The van der Waals surface area contributed by atoms with Crippen molar-refractivity contribution in [2.45, 2.75) is 30.1 Å². The zero-order valence-electron chi connectivity index (χ0n) is 16.8. The topological polar surface area (TPSA) is 120 Å². The van der Waals surface area contributed by atoms with Crippen LogP contribution in [0.1, 0.15) is 32.6 Å². The molecule has 3 rings (SSSR count). The Balaban J connectivity index is 2.25. The molecule has 1 aromatic heterocycles. The minimum atomic E-state index is -4.13. The van der Waals surface area contributed by atoms with Gasteiger partial charge < -0.3 is 15.6 Å². The lowest BCUT2D eigenvalue weighted by atomic mass is 9.92. The number of methoxy groups -OCH3 is 1. The van der Waals surface area contributed by atoms with E-state index >= 15 is 0 Å². The Bertz CT molecular complexity index is 1200. The lowest BCUT2D eigenvalue weighted by Crippen LogP contribution is -2.17. The summed E-state index contributed by atoms with van der Waals surface area (Å²) < 4.78 is 31.8. The maximum absolute atomic E-state index is 13.4. The summed E-state index contributed by atoms with van der Waals surface area (Å²) in [4.78, 5) is 15.9. The Morgan fingerprint density at radius 2 is 1.80 bits per heavy atom. The largest absolute Gasteiger partial charge is 0.497 e. The minimum absolute atomic E-state index is 0.0345. The average molecular weight is 426 g/mol. The number of pyridine rings is 1. The molecule has 0 aliphatic rings. The van der Waals surface area contributed by atoms with Crippen LogP contribution in [0.3, 0.4) is 0 Å². The molecule has 0 aliphatic heterocycles. The highest BCUT2D eigenvalue weighted by atomic mass is 32.2. The number of nitrogens with zero attached hydrogens (tertiary/aromatic N) is 1. The summed E-state index contributed by atoms with van der Waals surface area (Å²) in [5.74, 6) is -0.832. The van der Waals surface area contributed by atoms with Crippen molar-refractivity contribution >= 4 is 21.5 Å². The van der Waals surface area contributed by atoms with Gasteiger partial charge in [-0.25, -0.2) is 13.2 Å². The fraction of sp³-hybridized carbons (Fsp3) is 0.182. The van der Waals surface area contributed by atoms with Crippen LogP contribution < -0.4 is 10.5 Å². The number of rotatable bonds is 6. The van der Waals surface area contributed by atoms with Crippen LogP contribution in [0.5, 0.6) is 5.75 Å². The molecule has 0 aliphatic carbocycles. The van der Waals surface area contributed by atoms with Crippen LogP contribution in [0.25, 0.3) is 0 Å². The molecule has 1 heterocycles. The fourth-order valence-electron chi connectivity index (χ4n) is 3.46. The molecule has 0 bridgehead atoms. The second kappa shape index (κ2) is 8.16. The molecule has 0 atom stereocenters. The number of benzene rings is 2. The molecule has 8 heteroatoms. The van der Waals surface area contributed by atoms with Crippen LogP contribution in [0, 0.1) is 13.8 Å².